The van der Waals surface area contributed by atoms with Gasteiger partial charge in [0, 0.05) is 32.9 Å². The van der Waals surface area contributed by atoms with Gasteiger partial charge in [-0.15, -0.1) is 0 Å². The average molecular weight is 699 g/mol. The highest BCUT2D eigenvalue weighted by molar-refractivity contribution is 6.29. The number of aromatic nitrogens is 2. The summed E-state index contributed by atoms with van der Waals surface area (Å²) in [7, 11) is 0. The van der Waals surface area contributed by atoms with Gasteiger partial charge < -0.3 is 13.6 Å². The molecule has 0 amide bonds. The van der Waals surface area contributed by atoms with Crippen LogP contribution in [0, 0.1) is 0 Å². The lowest BCUT2D eigenvalue weighted by molar-refractivity contribution is 0.677. The summed E-state index contributed by atoms with van der Waals surface area (Å²) < 4.78 is 12.0. The van der Waals surface area contributed by atoms with E-state index in [1.807, 2.05) is 0 Å². The molecule has 0 aliphatic carbocycles. The van der Waals surface area contributed by atoms with Gasteiger partial charge in [0.15, 0.2) is 0 Å². The number of fused-ring (bicyclic) bond motifs is 18. The largest absolute Gasteiger partial charge is 0.455 e. The van der Waals surface area contributed by atoms with Gasteiger partial charge in [0.1, 0.15) is 11.2 Å². The Hall–Kier alpha value is -7.36. The Balaban J connectivity index is 1.11. The predicted molar refractivity (Wildman–Crippen MR) is 232 cm³/mol. The van der Waals surface area contributed by atoms with Crippen LogP contribution in [0.25, 0.3) is 120 Å². The van der Waals surface area contributed by atoms with Gasteiger partial charge in [-0.05, 0) is 104 Å². The third kappa shape index (κ3) is 3.84. The van der Waals surface area contributed by atoms with Crippen molar-refractivity contribution in [1.29, 1.82) is 0 Å². The van der Waals surface area contributed by atoms with Crippen LogP contribution in [0.1, 0.15) is 0 Å². The smallest absolute Gasteiger partial charge is 0.145 e. The molecule has 254 valence electrons. The molecule has 0 spiro atoms. The first-order valence-electron chi connectivity index (χ1n) is 18.9. The SMILES string of the molecule is c1ccc2cc(-n3c4ccccc4c4c5oc6c(ccc7c6c6ccccc6n7-c6ccc7c8ccccc8c8ccccc8c7c6)c5ccc43)ccc2c1. The standard InChI is InChI=1S/C52H30N2O/c1-2-12-32-29-33(22-21-31(32)11-1)53-45-19-9-7-17-42(45)49-47(53)27-25-40-41-26-28-48-50(52(41)55-51(40)49)43-18-8-10-20-46(43)54(48)34-23-24-39-37-15-4-3-13-35(37)36-14-5-6-16-38(36)44(39)30-34/h1-30H. The third-order valence-electron chi connectivity index (χ3n) is 12.1. The molecule has 13 rings (SSSR count). The van der Waals surface area contributed by atoms with E-state index < -0.39 is 0 Å². The molecule has 0 aliphatic heterocycles. The molecule has 55 heavy (non-hydrogen) atoms. The molecule has 13 aromatic rings. The summed E-state index contributed by atoms with van der Waals surface area (Å²) in [4.78, 5) is 0. The molecule has 3 aromatic heterocycles. The number of benzene rings is 10. The number of rotatable bonds is 2. The van der Waals surface area contributed by atoms with E-state index >= 15 is 0 Å². The lowest BCUT2D eigenvalue weighted by atomic mass is 9.94. The molecule has 0 aliphatic rings. The van der Waals surface area contributed by atoms with Crippen LogP contribution in [0.3, 0.4) is 0 Å². The van der Waals surface area contributed by atoms with E-state index in [-0.39, 0.29) is 0 Å². The normalized spacial score (nSPS) is 12.4. The van der Waals surface area contributed by atoms with Crippen molar-refractivity contribution in [3.8, 4) is 11.4 Å². The molecule has 3 heteroatoms. The summed E-state index contributed by atoms with van der Waals surface area (Å²) >= 11 is 0. The minimum Gasteiger partial charge on any atom is -0.455 e. The molecule has 0 fully saturated rings. The maximum atomic E-state index is 7.21. The Bertz CT molecular complexity index is 3750. The summed E-state index contributed by atoms with van der Waals surface area (Å²) in [5.41, 5.74) is 8.72. The fourth-order valence-corrected chi connectivity index (χ4v) is 9.70. The summed E-state index contributed by atoms with van der Waals surface area (Å²) in [6, 6.07) is 66.4. The quantitative estimate of drug-likeness (QED) is 0.165. The Labute approximate surface area is 314 Å². The van der Waals surface area contributed by atoms with Gasteiger partial charge in [-0.3, -0.25) is 0 Å². The van der Waals surface area contributed by atoms with Crippen molar-refractivity contribution in [1.82, 2.24) is 9.13 Å². The highest BCUT2D eigenvalue weighted by Gasteiger charge is 2.23. The second-order valence-electron chi connectivity index (χ2n) is 14.8. The first-order valence-corrected chi connectivity index (χ1v) is 18.9. The third-order valence-corrected chi connectivity index (χ3v) is 12.1. The maximum Gasteiger partial charge on any atom is 0.145 e. The highest BCUT2D eigenvalue weighted by Crippen LogP contribution is 2.45. The van der Waals surface area contributed by atoms with Crippen LogP contribution < -0.4 is 0 Å². The topological polar surface area (TPSA) is 23.0 Å². The van der Waals surface area contributed by atoms with Crippen molar-refractivity contribution >= 4 is 109 Å². The van der Waals surface area contributed by atoms with E-state index in [1.54, 1.807) is 0 Å². The van der Waals surface area contributed by atoms with Crippen LogP contribution in [0.5, 0.6) is 0 Å². The van der Waals surface area contributed by atoms with Gasteiger partial charge in [-0.2, -0.15) is 0 Å². The van der Waals surface area contributed by atoms with Crippen LogP contribution in [-0.4, -0.2) is 9.13 Å². The average Bonchev–Trinajstić information content (AvgIpc) is 3.91. The lowest BCUT2D eigenvalue weighted by Crippen LogP contribution is -1.94. The Morgan fingerprint density at radius 3 is 1.27 bits per heavy atom. The zero-order valence-electron chi connectivity index (χ0n) is 29.6. The van der Waals surface area contributed by atoms with Crippen molar-refractivity contribution in [2.75, 3.05) is 0 Å². The van der Waals surface area contributed by atoms with Gasteiger partial charge >= 0.3 is 0 Å². The number of para-hydroxylation sites is 2. The molecule has 3 heterocycles. The van der Waals surface area contributed by atoms with Crippen LogP contribution >= 0.6 is 0 Å². The van der Waals surface area contributed by atoms with Crippen LogP contribution in [0.2, 0.25) is 0 Å². The lowest BCUT2D eigenvalue weighted by Gasteiger charge is -2.13. The number of hydrogen-bond acceptors (Lipinski definition) is 1. The molecule has 0 saturated carbocycles. The minimum absolute atomic E-state index is 0.926. The van der Waals surface area contributed by atoms with Crippen molar-refractivity contribution < 1.29 is 4.42 Å². The fourth-order valence-electron chi connectivity index (χ4n) is 9.70. The van der Waals surface area contributed by atoms with E-state index in [2.05, 4.69) is 191 Å². The summed E-state index contributed by atoms with van der Waals surface area (Å²) in [6.45, 7) is 0. The van der Waals surface area contributed by atoms with Crippen molar-refractivity contribution in [2.45, 2.75) is 0 Å². The Kier molecular flexibility index (Phi) is 5.63. The zero-order valence-corrected chi connectivity index (χ0v) is 29.6. The molecule has 10 aromatic carbocycles. The van der Waals surface area contributed by atoms with Crippen LogP contribution in [0.15, 0.2) is 186 Å². The van der Waals surface area contributed by atoms with Crippen molar-refractivity contribution in [3.05, 3.63) is 182 Å². The monoisotopic (exact) mass is 698 g/mol. The first-order chi connectivity index (χ1) is 27.3. The van der Waals surface area contributed by atoms with Gasteiger partial charge in [-0.1, -0.05) is 121 Å². The fraction of sp³-hybridized carbons (Fsp3) is 0. The van der Waals surface area contributed by atoms with E-state index in [9.17, 15) is 0 Å². The Morgan fingerprint density at radius 1 is 0.273 bits per heavy atom. The second-order valence-corrected chi connectivity index (χ2v) is 14.8. The molecule has 3 nitrogen and oxygen atoms in total. The number of furan rings is 1. The number of hydrogen-bond donors (Lipinski definition) is 0. The van der Waals surface area contributed by atoms with Gasteiger partial charge in [0.05, 0.1) is 32.8 Å². The van der Waals surface area contributed by atoms with Gasteiger partial charge in [0.25, 0.3) is 0 Å². The van der Waals surface area contributed by atoms with E-state index in [4.69, 9.17) is 4.42 Å². The molecule has 0 atom stereocenters. The van der Waals surface area contributed by atoms with Gasteiger partial charge in [-0.25, -0.2) is 0 Å². The molecule has 0 unspecified atom stereocenters. The first kappa shape index (κ1) is 29.1. The van der Waals surface area contributed by atoms with Crippen LogP contribution in [0.4, 0.5) is 0 Å². The molecular formula is C52H30N2O. The summed E-state index contributed by atoms with van der Waals surface area (Å²) in [6.07, 6.45) is 0. The predicted octanol–water partition coefficient (Wildman–Crippen LogP) is 14.4. The van der Waals surface area contributed by atoms with E-state index in [1.165, 1.54) is 59.4 Å². The van der Waals surface area contributed by atoms with E-state index in [0.717, 1.165) is 60.6 Å². The number of nitrogens with zero attached hydrogens (tertiary/aromatic N) is 2. The summed E-state index contributed by atoms with van der Waals surface area (Å²) in [5.74, 6) is 0. The molecule has 0 radical (unpaired) electrons. The Morgan fingerprint density at radius 2 is 0.691 bits per heavy atom. The molecule has 0 N–H and O–H groups in total. The zero-order chi connectivity index (χ0) is 35.8. The second kappa shape index (κ2) is 10.6. The van der Waals surface area contributed by atoms with Gasteiger partial charge in [0.2, 0.25) is 0 Å². The highest BCUT2D eigenvalue weighted by atomic mass is 16.3. The van der Waals surface area contributed by atoms with Crippen molar-refractivity contribution in [3.63, 3.8) is 0 Å². The van der Waals surface area contributed by atoms with Crippen molar-refractivity contribution in [2.24, 2.45) is 0 Å². The van der Waals surface area contributed by atoms with E-state index in [0.29, 0.717) is 0 Å². The minimum atomic E-state index is 0.926. The molecule has 0 saturated heterocycles. The molecule has 0 bridgehead atoms. The maximum absolute atomic E-state index is 7.21. The molecular weight excluding hydrogens is 669 g/mol. The summed E-state index contributed by atoms with van der Waals surface area (Å²) in [5, 5.41) is 17.0. The van der Waals surface area contributed by atoms with Crippen LogP contribution in [-0.2, 0) is 0 Å².